The maximum absolute atomic E-state index is 12.2. The van der Waals surface area contributed by atoms with Crippen molar-refractivity contribution in [3.63, 3.8) is 0 Å². The van der Waals surface area contributed by atoms with E-state index < -0.39 is 14.9 Å². The van der Waals surface area contributed by atoms with E-state index in [-0.39, 0.29) is 17.3 Å². The van der Waals surface area contributed by atoms with Crippen molar-refractivity contribution < 1.29 is 18.1 Å². The summed E-state index contributed by atoms with van der Waals surface area (Å²) in [5.41, 5.74) is 2.48. The minimum absolute atomic E-state index is 0.0223. The number of non-ortho nitro benzene ring substituents is 1. The molecule has 1 aliphatic heterocycles. The Hall–Kier alpha value is -3.20. The number of nitro groups is 1. The Kier molecular flexibility index (Phi) is 5.46. The third-order valence-corrected chi connectivity index (χ3v) is 6.27. The Morgan fingerprint density at radius 2 is 1.93 bits per heavy atom. The number of hydrogen-bond acceptors (Lipinski definition) is 5. The smallest absolute Gasteiger partial charge is 0.269 e. The van der Waals surface area contributed by atoms with Gasteiger partial charge < -0.3 is 5.32 Å². The lowest BCUT2D eigenvalue weighted by atomic mass is 10.1. The zero-order chi connectivity index (χ0) is 20.3. The molecule has 1 fully saturated rings. The first-order valence-corrected chi connectivity index (χ1v) is 10.2. The van der Waals surface area contributed by atoms with Gasteiger partial charge in [-0.25, -0.2) is 8.42 Å². The van der Waals surface area contributed by atoms with Crippen molar-refractivity contribution in [2.75, 3.05) is 21.9 Å². The van der Waals surface area contributed by atoms with Crippen LogP contribution in [0.25, 0.3) is 6.08 Å². The van der Waals surface area contributed by atoms with Gasteiger partial charge in [-0.1, -0.05) is 6.07 Å². The molecule has 2 aromatic rings. The van der Waals surface area contributed by atoms with Crippen LogP contribution >= 0.6 is 0 Å². The molecule has 1 saturated heterocycles. The first-order chi connectivity index (χ1) is 13.3. The highest BCUT2D eigenvalue weighted by molar-refractivity contribution is 7.93. The number of nitro benzene ring substituents is 1. The molecular formula is C19H19N3O5S. The van der Waals surface area contributed by atoms with Gasteiger partial charge in [-0.15, -0.1) is 0 Å². The second-order valence-electron chi connectivity index (χ2n) is 6.41. The average Bonchev–Trinajstić information content (AvgIpc) is 3.01. The second-order valence-corrected chi connectivity index (χ2v) is 8.42. The zero-order valence-corrected chi connectivity index (χ0v) is 16.0. The normalized spacial score (nSPS) is 15.7. The number of hydrogen-bond donors (Lipinski definition) is 1. The number of anilines is 2. The van der Waals surface area contributed by atoms with Gasteiger partial charge >= 0.3 is 0 Å². The molecule has 8 nitrogen and oxygen atoms in total. The predicted octanol–water partition coefficient (Wildman–Crippen LogP) is 3.10. The average molecular weight is 401 g/mol. The summed E-state index contributed by atoms with van der Waals surface area (Å²) in [4.78, 5) is 22.4. The highest BCUT2D eigenvalue weighted by atomic mass is 32.2. The van der Waals surface area contributed by atoms with E-state index in [1.807, 2.05) is 6.92 Å². The van der Waals surface area contributed by atoms with E-state index in [0.717, 1.165) is 5.56 Å². The number of sulfonamides is 1. The fourth-order valence-corrected chi connectivity index (χ4v) is 4.44. The Morgan fingerprint density at radius 1 is 1.21 bits per heavy atom. The van der Waals surface area contributed by atoms with Crippen LogP contribution in [0.2, 0.25) is 0 Å². The maximum atomic E-state index is 12.2. The second kappa shape index (κ2) is 7.81. The number of nitrogens with zero attached hydrogens (tertiary/aromatic N) is 2. The number of nitrogens with one attached hydrogen (secondary N) is 1. The molecule has 146 valence electrons. The monoisotopic (exact) mass is 401 g/mol. The Labute approximate surface area is 162 Å². The summed E-state index contributed by atoms with van der Waals surface area (Å²) < 4.78 is 25.5. The largest absolute Gasteiger partial charge is 0.322 e. The lowest BCUT2D eigenvalue weighted by Crippen LogP contribution is -2.25. The molecule has 0 atom stereocenters. The summed E-state index contributed by atoms with van der Waals surface area (Å²) >= 11 is 0. The topological polar surface area (TPSA) is 110 Å². The molecule has 0 saturated carbocycles. The number of carbonyl (C=O) groups excluding carboxylic acids is 1. The van der Waals surface area contributed by atoms with Crippen molar-refractivity contribution in [2.24, 2.45) is 0 Å². The minimum Gasteiger partial charge on any atom is -0.322 e. The Balaban J connectivity index is 1.73. The number of aryl methyl sites for hydroxylation is 1. The molecule has 28 heavy (non-hydrogen) atoms. The van der Waals surface area contributed by atoms with Crippen molar-refractivity contribution in [3.05, 3.63) is 69.8 Å². The molecule has 0 radical (unpaired) electrons. The maximum Gasteiger partial charge on any atom is 0.269 e. The molecule has 1 aliphatic rings. The van der Waals surface area contributed by atoms with Crippen molar-refractivity contribution in [2.45, 2.75) is 13.3 Å². The van der Waals surface area contributed by atoms with Gasteiger partial charge in [-0.05, 0) is 54.8 Å². The van der Waals surface area contributed by atoms with Crippen LogP contribution in [-0.2, 0) is 14.8 Å². The zero-order valence-electron chi connectivity index (χ0n) is 15.2. The van der Waals surface area contributed by atoms with Crippen LogP contribution in [0.15, 0.2) is 48.5 Å². The highest BCUT2D eigenvalue weighted by Gasteiger charge is 2.28. The standard InChI is InChI=1S/C19H19N3O5S/c1-14-3-7-17(21-11-2-12-28(21,26)27)13-18(14)20-19(23)10-6-15-4-8-16(9-5-15)22(24)25/h3-10,13H,2,11-12H2,1H3,(H,20,23)/b10-6+. The van der Waals surface area contributed by atoms with E-state index in [4.69, 9.17) is 0 Å². The van der Waals surface area contributed by atoms with Crippen molar-refractivity contribution in [1.82, 2.24) is 0 Å². The van der Waals surface area contributed by atoms with Crippen molar-refractivity contribution in [3.8, 4) is 0 Å². The van der Waals surface area contributed by atoms with E-state index in [1.54, 1.807) is 36.4 Å². The quantitative estimate of drug-likeness (QED) is 0.470. The van der Waals surface area contributed by atoms with E-state index in [0.29, 0.717) is 29.9 Å². The van der Waals surface area contributed by atoms with Crippen LogP contribution in [0, 0.1) is 17.0 Å². The third-order valence-electron chi connectivity index (χ3n) is 4.40. The molecule has 1 amide bonds. The first kappa shape index (κ1) is 19.6. The van der Waals surface area contributed by atoms with Crippen LogP contribution in [0.5, 0.6) is 0 Å². The lowest BCUT2D eigenvalue weighted by Gasteiger charge is -2.18. The summed E-state index contributed by atoms with van der Waals surface area (Å²) in [6.07, 6.45) is 3.44. The molecule has 1 heterocycles. The fraction of sp³-hybridized carbons (Fsp3) is 0.211. The molecule has 0 unspecified atom stereocenters. The van der Waals surface area contributed by atoms with Crippen molar-refractivity contribution >= 4 is 39.1 Å². The Morgan fingerprint density at radius 3 is 2.54 bits per heavy atom. The van der Waals surface area contributed by atoms with Gasteiger partial charge in [-0.3, -0.25) is 19.2 Å². The number of benzene rings is 2. The van der Waals surface area contributed by atoms with Crippen LogP contribution in [0.1, 0.15) is 17.5 Å². The van der Waals surface area contributed by atoms with Gasteiger partial charge in [0, 0.05) is 30.4 Å². The van der Waals surface area contributed by atoms with Gasteiger partial charge in [0.05, 0.1) is 16.4 Å². The molecular weight excluding hydrogens is 382 g/mol. The van der Waals surface area contributed by atoms with Gasteiger partial charge in [0.25, 0.3) is 5.69 Å². The van der Waals surface area contributed by atoms with E-state index in [1.165, 1.54) is 22.5 Å². The van der Waals surface area contributed by atoms with E-state index in [9.17, 15) is 23.3 Å². The van der Waals surface area contributed by atoms with Gasteiger partial charge in [0.2, 0.25) is 15.9 Å². The lowest BCUT2D eigenvalue weighted by molar-refractivity contribution is -0.384. The third kappa shape index (κ3) is 4.37. The van der Waals surface area contributed by atoms with E-state index in [2.05, 4.69) is 5.32 Å². The fourth-order valence-electron chi connectivity index (χ4n) is 2.88. The molecule has 0 aliphatic carbocycles. The SMILES string of the molecule is Cc1ccc(N2CCCS2(=O)=O)cc1NC(=O)/C=C/c1ccc([N+](=O)[O-])cc1. The molecule has 0 aromatic heterocycles. The van der Waals surface area contributed by atoms with Gasteiger partial charge in [0.1, 0.15) is 0 Å². The van der Waals surface area contributed by atoms with Gasteiger partial charge in [0.15, 0.2) is 0 Å². The molecule has 3 rings (SSSR count). The van der Waals surface area contributed by atoms with Crippen LogP contribution in [0.4, 0.5) is 17.1 Å². The summed E-state index contributed by atoms with van der Waals surface area (Å²) in [5.74, 6) is -0.261. The van der Waals surface area contributed by atoms with Crippen LogP contribution in [0.3, 0.4) is 0 Å². The number of rotatable bonds is 5. The summed E-state index contributed by atoms with van der Waals surface area (Å²) in [5, 5.41) is 13.4. The van der Waals surface area contributed by atoms with Gasteiger partial charge in [-0.2, -0.15) is 0 Å². The molecule has 1 N–H and O–H groups in total. The highest BCUT2D eigenvalue weighted by Crippen LogP contribution is 2.28. The van der Waals surface area contributed by atoms with Crippen LogP contribution < -0.4 is 9.62 Å². The predicted molar refractivity (Wildman–Crippen MR) is 108 cm³/mol. The minimum atomic E-state index is -3.30. The Bertz CT molecular complexity index is 1050. The van der Waals surface area contributed by atoms with E-state index >= 15 is 0 Å². The molecule has 9 heteroatoms. The number of carbonyl (C=O) groups is 1. The first-order valence-electron chi connectivity index (χ1n) is 8.61. The number of amides is 1. The van der Waals surface area contributed by atoms with Crippen LogP contribution in [-0.4, -0.2) is 31.5 Å². The summed E-state index contributed by atoms with van der Waals surface area (Å²) in [7, 11) is -3.30. The van der Waals surface area contributed by atoms with Crippen molar-refractivity contribution in [1.29, 1.82) is 0 Å². The molecule has 0 spiro atoms. The summed E-state index contributed by atoms with van der Waals surface area (Å²) in [6.45, 7) is 2.25. The molecule has 0 bridgehead atoms. The summed E-state index contributed by atoms with van der Waals surface area (Å²) in [6, 6.07) is 11.0. The molecule has 2 aromatic carbocycles.